The third kappa shape index (κ3) is 5.24. The van der Waals surface area contributed by atoms with E-state index < -0.39 is 0 Å². The number of ether oxygens (including phenoxy) is 1. The van der Waals surface area contributed by atoms with Crippen LogP contribution in [0.5, 0.6) is 0 Å². The van der Waals surface area contributed by atoms with Crippen molar-refractivity contribution in [1.82, 2.24) is 25.5 Å². The standard InChI is InChI=1S/C13H27N5O/c1-6-8-14-11(13(10(3)4)19-7-2)9-12-15-17-18(5)16-12/h10-11,13-14H,6-9H2,1-5H3. The molecule has 0 bridgehead atoms. The molecule has 0 aromatic carbocycles. The SMILES string of the molecule is CCCNC(Cc1nnn(C)n1)C(OCC)C(C)C. The van der Waals surface area contributed by atoms with Crippen molar-refractivity contribution >= 4 is 0 Å². The van der Waals surface area contributed by atoms with Gasteiger partial charge in [-0.2, -0.15) is 4.80 Å². The molecule has 6 heteroatoms. The van der Waals surface area contributed by atoms with Crippen molar-refractivity contribution in [2.45, 2.75) is 52.7 Å². The summed E-state index contributed by atoms with van der Waals surface area (Å²) in [4.78, 5) is 1.50. The lowest BCUT2D eigenvalue weighted by atomic mass is 9.96. The van der Waals surface area contributed by atoms with Gasteiger partial charge in [0, 0.05) is 19.1 Å². The summed E-state index contributed by atoms with van der Waals surface area (Å²) < 4.78 is 5.90. The molecule has 0 fully saturated rings. The first-order chi connectivity index (χ1) is 9.08. The van der Waals surface area contributed by atoms with Gasteiger partial charge >= 0.3 is 0 Å². The summed E-state index contributed by atoms with van der Waals surface area (Å²) in [5, 5.41) is 15.8. The lowest BCUT2D eigenvalue weighted by Gasteiger charge is -2.30. The van der Waals surface area contributed by atoms with E-state index in [4.69, 9.17) is 4.74 Å². The second-order valence-corrected chi connectivity index (χ2v) is 5.12. The summed E-state index contributed by atoms with van der Waals surface area (Å²) in [5.41, 5.74) is 0. The van der Waals surface area contributed by atoms with E-state index in [0.29, 0.717) is 5.92 Å². The molecule has 1 heterocycles. The molecule has 6 nitrogen and oxygen atoms in total. The quantitative estimate of drug-likeness (QED) is 0.729. The Labute approximate surface area is 115 Å². The Morgan fingerprint density at radius 3 is 2.53 bits per heavy atom. The molecule has 0 radical (unpaired) electrons. The van der Waals surface area contributed by atoms with Crippen molar-refractivity contribution in [2.24, 2.45) is 13.0 Å². The number of nitrogens with one attached hydrogen (secondary N) is 1. The Morgan fingerprint density at radius 1 is 1.32 bits per heavy atom. The molecule has 2 unspecified atom stereocenters. The van der Waals surface area contributed by atoms with Gasteiger partial charge in [0.1, 0.15) is 0 Å². The molecule has 1 N–H and O–H groups in total. The van der Waals surface area contributed by atoms with E-state index in [1.807, 2.05) is 6.92 Å². The first-order valence-electron chi connectivity index (χ1n) is 7.16. The lowest BCUT2D eigenvalue weighted by Crippen LogP contribution is -2.46. The van der Waals surface area contributed by atoms with Crippen LogP contribution in [0.3, 0.4) is 0 Å². The van der Waals surface area contributed by atoms with Gasteiger partial charge in [0.15, 0.2) is 5.82 Å². The average molecular weight is 269 g/mol. The summed E-state index contributed by atoms with van der Waals surface area (Å²) in [6.07, 6.45) is 2.01. The summed E-state index contributed by atoms with van der Waals surface area (Å²) in [6.45, 7) is 10.3. The predicted octanol–water partition coefficient (Wildman–Crippen LogP) is 1.18. The number of hydrogen-bond donors (Lipinski definition) is 1. The molecule has 19 heavy (non-hydrogen) atoms. The maximum absolute atomic E-state index is 5.90. The van der Waals surface area contributed by atoms with Crippen LogP contribution in [0, 0.1) is 5.92 Å². The number of hydrogen-bond acceptors (Lipinski definition) is 5. The summed E-state index contributed by atoms with van der Waals surface area (Å²) in [6, 6.07) is 0.226. The summed E-state index contributed by atoms with van der Waals surface area (Å²) in [7, 11) is 1.79. The Morgan fingerprint density at radius 2 is 2.05 bits per heavy atom. The minimum atomic E-state index is 0.167. The van der Waals surface area contributed by atoms with Crippen LogP contribution in [-0.2, 0) is 18.2 Å². The molecule has 0 aliphatic carbocycles. The topological polar surface area (TPSA) is 64.9 Å². The Balaban J connectivity index is 2.73. The minimum absolute atomic E-state index is 0.167. The van der Waals surface area contributed by atoms with Gasteiger partial charge in [0.2, 0.25) is 0 Å². The first-order valence-corrected chi connectivity index (χ1v) is 7.16. The van der Waals surface area contributed by atoms with Gasteiger partial charge in [-0.3, -0.25) is 0 Å². The third-order valence-corrected chi connectivity index (χ3v) is 3.02. The molecule has 1 aromatic rings. The molecule has 0 amide bonds. The smallest absolute Gasteiger partial charge is 0.176 e. The molecular weight excluding hydrogens is 242 g/mol. The molecule has 0 spiro atoms. The van der Waals surface area contributed by atoms with E-state index in [2.05, 4.69) is 41.5 Å². The highest BCUT2D eigenvalue weighted by atomic mass is 16.5. The number of tetrazole rings is 1. The van der Waals surface area contributed by atoms with Crippen molar-refractivity contribution in [3.8, 4) is 0 Å². The number of nitrogens with zero attached hydrogens (tertiary/aromatic N) is 4. The van der Waals surface area contributed by atoms with E-state index in [0.717, 1.165) is 31.8 Å². The number of aromatic nitrogens is 4. The van der Waals surface area contributed by atoms with Gasteiger partial charge in [0.05, 0.1) is 13.2 Å². The molecule has 110 valence electrons. The highest BCUT2D eigenvalue weighted by Gasteiger charge is 2.26. The third-order valence-electron chi connectivity index (χ3n) is 3.02. The van der Waals surface area contributed by atoms with E-state index in [1.165, 1.54) is 4.80 Å². The molecule has 0 saturated heterocycles. The van der Waals surface area contributed by atoms with Crippen LogP contribution in [0.1, 0.15) is 39.9 Å². The molecule has 1 aromatic heterocycles. The summed E-state index contributed by atoms with van der Waals surface area (Å²) in [5.74, 6) is 1.22. The van der Waals surface area contributed by atoms with Gasteiger partial charge in [-0.25, -0.2) is 0 Å². The minimum Gasteiger partial charge on any atom is -0.377 e. The Hall–Kier alpha value is -1.01. The lowest BCUT2D eigenvalue weighted by molar-refractivity contribution is 0.00316. The number of rotatable bonds is 9. The monoisotopic (exact) mass is 269 g/mol. The van der Waals surface area contributed by atoms with E-state index in [1.54, 1.807) is 7.05 Å². The molecular formula is C13H27N5O. The van der Waals surface area contributed by atoms with Crippen molar-refractivity contribution in [2.75, 3.05) is 13.2 Å². The Kier molecular flexibility index (Phi) is 6.94. The van der Waals surface area contributed by atoms with Crippen LogP contribution in [-0.4, -0.2) is 45.5 Å². The second kappa shape index (κ2) is 8.22. The second-order valence-electron chi connectivity index (χ2n) is 5.12. The molecule has 1 rings (SSSR count). The zero-order valence-electron chi connectivity index (χ0n) is 12.8. The number of aryl methyl sites for hydroxylation is 1. The molecule has 0 aliphatic heterocycles. The summed E-state index contributed by atoms with van der Waals surface area (Å²) >= 11 is 0. The van der Waals surface area contributed by atoms with E-state index in [9.17, 15) is 0 Å². The highest BCUT2D eigenvalue weighted by molar-refractivity contribution is 4.90. The van der Waals surface area contributed by atoms with Crippen LogP contribution < -0.4 is 5.32 Å². The zero-order valence-corrected chi connectivity index (χ0v) is 12.8. The van der Waals surface area contributed by atoms with Crippen molar-refractivity contribution in [3.63, 3.8) is 0 Å². The highest BCUT2D eigenvalue weighted by Crippen LogP contribution is 2.14. The maximum Gasteiger partial charge on any atom is 0.176 e. The van der Waals surface area contributed by atoms with Crippen molar-refractivity contribution in [1.29, 1.82) is 0 Å². The van der Waals surface area contributed by atoms with Crippen LogP contribution in [0.15, 0.2) is 0 Å². The maximum atomic E-state index is 5.90. The van der Waals surface area contributed by atoms with Crippen LogP contribution >= 0.6 is 0 Å². The normalized spacial score (nSPS) is 14.8. The zero-order chi connectivity index (χ0) is 14.3. The average Bonchev–Trinajstić information content (AvgIpc) is 2.77. The fourth-order valence-electron chi connectivity index (χ4n) is 2.20. The fraction of sp³-hybridized carbons (Fsp3) is 0.923. The van der Waals surface area contributed by atoms with Gasteiger partial charge in [0.25, 0.3) is 0 Å². The van der Waals surface area contributed by atoms with Crippen LogP contribution in [0.25, 0.3) is 0 Å². The largest absolute Gasteiger partial charge is 0.377 e. The Bertz CT molecular complexity index is 353. The van der Waals surface area contributed by atoms with Gasteiger partial charge in [-0.15, -0.1) is 10.2 Å². The van der Waals surface area contributed by atoms with E-state index >= 15 is 0 Å². The van der Waals surface area contributed by atoms with Gasteiger partial charge in [-0.05, 0) is 31.0 Å². The van der Waals surface area contributed by atoms with Crippen LogP contribution in [0.4, 0.5) is 0 Å². The van der Waals surface area contributed by atoms with Gasteiger partial charge in [-0.1, -0.05) is 20.8 Å². The molecule has 0 saturated carbocycles. The fourth-order valence-corrected chi connectivity index (χ4v) is 2.20. The molecule has 2 atom stereocenters. The van der Waals surface area contributed by atoms with Crippen LogP contribution in [0.2, 0.25) is 0 Å². The van der Waals surface area contributed by atoms with Crippen molar-refractivity contribution < 1.29 is 4.74 Å². The molecule has 0 aliphatic rings. The van der Waals surface area contributed by atoms with Crippen molar-refractivity contribution in [3.05, 3.63) is 5.82 Å². The van der Waals surface area contributed by atoms with Gasteiger partial charge < -0.3 is 10.1 Å². The van der Waals surface area contributed by atoms with E-state index in [-0.39, 0.29) is 12.1 Å². The predicted molar refractivity (Wildman–Crippen MR) is 74.8 cm³/mol. The first kappa shape index (κ1) is 16.0.